The van der Waals surface area contributed by atoms with Crippen LogP contribution in [0, 0.1) is 11.3 Å². The number of fused-ring (bicyclic) bond motifs is 2. The molecule has 0 spiro atoms. The maximum Gasteiger partial charge on any atom is 0.163 e. The standard InChI is InChI=1S/C15H10N4O2/c16-7-9-1-2-10(17-8-9)15-18-11-5-13-14(6-12(11)19-15)21-4-3-20-13/h1-2,5-6,8H,3-4H2,(H,18,19). The average Bonchev–Trinajstić information content (AvgIpc) is 2.95. The molecule has 0 saturated heterocycles. The molecule has 0 aliphatic carbocycles. The lowest BCUT2D eigenvalue weighted by atomic mass is 10.2. The molecular weight excluding hydrogens is 268 g/mol. The molecule has 21 heavy (non-hydrogen) atoms. The lowest BCUT2D eigenvalue weighted by Crippen LogP contribution is -2.15. The second kappa shape index (κ2) is 4.49. The van der Waals surface area contributed by atoms with Crippen LogP contribution in [0.15, 0.2) is 30.5 Å². The molecule has 1 N–H and O–H groups in total. The number of benzene rings is 1. The van der Waals surface area contributed by atoms with Crippen LogP contribution in [0.4, 0.5) is 0 Å². The predicted molar refractivity (Wildman–Crippen MR) is 75.0 cm³/mol. The maximum atomic E-state index is 8.79. The van der Waals surface area contributed by atoms with E-state index in [0.29, 0.717) is 36.0 Å². The summed E-state index contributed by atoms with van der Waals surface area (Å²) in [4.78, 5) is 12.0. The third kappa shape index (κ3) is 1.96. The predicted octanol–water partition coefficient (Wildman–Crippen LogP) is 2.27. The molecule has 0 amide bonds. The number of nitrogens with one attached hydrogen (secondary N) is 1. The zero-order chi connectivity index (χ0) is 14.2. The van der Waals surface area contributed by atoms with Crippen LogP contribution in [0.1, 0.15) is 5.56 Å². The molecule has 3 heterocycles. The van der Waals surface area contributed by atoms with Crippen LogP contribution in [-0.2, 0) is 0 Å². The Morgan fingerprint density at radius 1 is 1.14 bits per heavy atom. The first-order valence-corrected chi connectivity index (χ1v) is 6.49. The van der Waals surface area contributed by atoms with Crippen molar-refractivity contribution in [3.05, 3.63) is 36.0 Å². The van der Waals surface area contributed by atoms with Gasteiger partial charge in [-0.05, 0) is 12.1 Å². The van der Waals surface area contributed by atoms with Crippen molar-refractivity contribution in [2.45, 2.75) is 0 Å². The van der Waals surface area contributed by atoms with Crippen LogP contribution in [0.2, 0.25) is 0 Å². The van der Waals surface area contributed by atoms with Gasteiger partial charge in [-0.3, -0.25) is 4.98 Å². The summed E-state index contributed by atoms with van der Waals surface area (Å²) in [6.45, 7) is 1.10. The summed E-state index contributed by atoms with van der Waals surface area (Å²) in [5, 5.41) is 8.79. The summed E-state index contributed by atoms with van der Waals surface area (Å²) < 4.78 is 11.1. The second-order valence-electron chi connectivity index (χ2n) is 4.64. The number of hydrogen-bond donors (Lipinski definition) is 1. The number of rotatable bonds is 1. The van der Waals surface area contributed by atoms with Gasteiger partial charge in [0.1, 0.15) is 25.0 Å². The maximum absolute atomic E-state index is 8.79. The van der Waals surface area contributed by atoms with Gasteiger partial charge < -0.3 is 14.5 Å². The molecule has 0 fully saturated rings. The highest BCUT2D eigenvalue weighted by atomic mass is 16.6. The topological polar surface area (TPSA) is 83.8 Å². The molecule has 0 atom stereocenters. The molecule has 0 saturated carbocycles. The molecule has 3 aromatic rings. The largest absolute Gasteiger partial charge is 0.486 e. The van der Waals surface area contributed by atoms with Gasteiger partial charge in [0.2, 0.25) is 0 Å². The molecule has 2 aromatic heterocycles. The number of pyridine rings is 1. The molecule has 0 bridgehead atoms. The third-order valence-corrected chi connectivity index (χ3v) is 3.28. The van der Waals surface area contributed by atoms with Gasteiger partial charge in [-0.2, -0.15) is 5.26 Å². The van der Waals surface area contributed by atoms with Crippen molar-refractivity contribution >= 4 is 11.0 Å². The van der Waals surface area contributed by atoms with Crippen molar-refractivity contribution in [1.29, 1.82) is 5.26 Å². The Morgan fingerprint density at radius 3 is 2.67 bits per heavy atom. The number of imidazole rings is 1. The Labute approximate surface area is 120 Å². The molecule has 0 unspecified atom stereocenters. The first-order valence-electron chi connectivity index (χ1n) is 6.49. The van der Waals surface area contributed by atoms with Crippen LogP contribution >= 0.6 is 0 Å². The lowest BCUT2D eigenvalue weighted by Gasteiger charge is -2.17. The van der Waals surface area contributed by atoms with E-state index in [4.69, 9.17) is 14.7 Å². The van der Waals surface area contributed by atoms with Gasteiger partial charge >= 0.3 is 0 Å². The highest BCUT2D eigenvalue weighted by Crippen LogP contribution is 2.34. The molecule has 102 valence electrons. The Balaban J connectivity index is 1.81. The minimum Gasteiger partial charge on any atom is -0.486 e. The summed E-state index contributed by atoms with van der Waals surface area (Å²) in [7, 11) is 0. The fraction of sp³-hybridized carbons (Fsp3) is 0.133. The van der Waals surface area contributed by atoms with Crippen LogP contribution in [-0.4, -0.2) is 28.2 Å². The summed E-state index contributed by atoms with van der Waals surface area (Å²) >= 11 is 0. The van der Waals surface area contributed by atoms with E-state index < -0.39 is 0 Å². The molecule has 0 radical (unpaired) electrons. The van der Waals surface area contributed by atoms with Crippen LogP contribution < -0.4 is 9.47 Å². The van der Waals surface area contributed by atoms with Crippen molar-refractivity contribution in [1.82, 2.24) is 15.0 Å². The van der Waals surface area contributed by atoms with Crippen molar-refractivity contribution < 1.29 is 9.47 Å². The summed E-state index contributed by atoms with van der Waals surface area (Å²) in [6.07, 6.45) is 1.53. The summed E-state index contributed by atoms with van der Waals surface area (Å²) in [6, 6.07) is 9.26. The Kier molecular flexibility index (Phi) is 2.51. The second-order valence-corrected chi connectivity index (χ2v) is 4.64. The first kappa shape index (κ1) is 11.7. The Morgan fingerprint density at radius 2 is 1.95 bits per heavy atom. The highest BCUT2D eigenvalue weighted by Gasteiger charge is 2.15. The zero-order valence-corrected chi connectivity index (χ0v) is 11.0. The number of aromatic amines is 1. The zero-order valence-electron chi connectivity index (χ0n) is 11.0. The van der Waals surface area contributed by atoms with Crippen LogP contribution in [0.25, 0.3) is 22.6 Å². The van der Waals surface area contributed by atoms with Gasteiger partial charge in [-0.15, -0.1) is 0 Å². The van der Waals surface area contributed by atoms with E-state index in [9.17, 15) is 0 Å². The van der Waals surface area contributed by atoms with E-state index in [0.717, 1.165) is 16.8 Å². The summed E-state index contributed by atoms with van der Waals surface area (Å²) in [5.41, 5.74) is 2.86. The highest BCUT2D eigenvalue weighted by molar-refractivity contribution is 5.82. The van der Waals surface area contributed by atoms with E-state index in [1.165, 1.54) is 6.20 Å². The average molecular weight is 278 g/mol. The van der Waals surface area contributed by atoms with Crippen molar-refractivity contribution in [3.8, 4) is 29.1 Å². The van der Waals surface area contributed by atoms with Crippen LogP contribution in [0.3, 0.4) is 0 Å². The van der Waals surface area contributed by atoms with Crippen molar-refractivity contribution in [2.24, 2.45) is 0 Å². The minimum atomic E-state index is 0.520. The minimum absolute atomic E-state index is 0.520. The van der Waals surface area contributed by atoms with E-state index in [-0.39, 0.29) is 0 Å². The quantitative estimate of drug-likeness (QED) is 0.738. The van der Waals surface area contributed by atoms with Crippen molar-refractivity contribution in [2.75, 3.05) is 13.2 Å². The van der Waals surface area contributed by atoms with Gasteiger partial charge in [0.05, 0.1) is 16.6 Å². The fourth-order valence-corrected chi connectivity index (χ4v) is 2.27. The van der Waals surface area contributed by atoms with Gasteiger partial charge in [-0.25, -0.2) is 4.98 Å². The first-order chi connectivity index (χ1) is 10.3. The van der Waals surface area contributed by atoms with E-state index in [2.05, 4.69) is 15.0 Å². The van der Waals surface area contributed by atoms with E-state index in [1.807, 2.05) is 18.2 Å². The van der Waals surface area contributed by atoms with Gasteiger partial charge in [0, 0.05) is 18.3 Å². The summed E-state index contributed by atoms with van der Waals surface area (Å²) in [5.74, 6) is 2.08. The number of nitrogens with zero attached hydrogens (tertiary/aromatic N) is 3. The van der Waals surface area contributed by atoms with Crippen molar-refractivity contribution in [3.63, 3.8) is 0 Å². The van der Waals surface area contributed by atoms with Gasteiger partial charge in [-0.1, -0.05) is 0 Å². The molecule has 4 rings (SSSR count). The lowest BCUT2D eigenvalue weighted by molar-refractivity contribution is 0.172. The van der Waals surface area contributed by atoms with Gasteiger partial charge in [0.25, 0.3) is 0 Å². The monoisotopic (exact) mass is 278 g/mol. The third-order valence-electron chi connectivity index (χ3n) is 3.28. The number of hydrogen-bond acceptors (Lipinski definition) is 5. The number of nitriles is 1. The smallest absolute Gasteiger partial charge is 0.163 e. The molecule has 6 heteroatoms. The number of aromatic nitrogens is 3. The molecule has 1 aliphatic heterocycles. The molecular formula is C15H10N4O2. The molecule has 6 nitrogen and oxygen atoms in total. The van der Waals surface area contributed by atoms with Crippen LogP contribution in [0.5, 0.6) is 11.5 Å². The van der Waals surface area contributed by atoms with E-state index >= 15 is 0 Å². The number of H-pyrrole nitrogens is 1. The Hall–Kier alpha value is -3.07. The number of ether oxygens (including phenoxy) is 2. The molecule has 1 aromatic carbocycles. The Bertz CT molecular complexity index is 819. The molecule has 1 aliphatic rings. The normalized spacial score (nSPS) is 13.1. The van der Waals surface area contributed by atoms with E-state index in [1.54, 1.807) is 12.1 Å². The van der Waals surface area contributed by atoms with Gasteiger partial charge in [0.15, 0.2) is 17.3 Å². The SMILES string of the molecule is N#Cc1ccc(-c2nc3cc4c(cc3[nH]2)OCCO4)nc1. The fourth-order valence-electron chi connectivity index (χ4n) is 2.27.